The molecule has 0 aromatic carbocycles. The van der Waals surface area contributed by atoms with Gasteiger partial charge in [-0.2, -0.15) is 4.98 Å². The van der Waals surface area contributed by atoms with Gasteiger partial charge in [-0.25, -0.2) is 4.98 Å². The van der Waals surface area contributed by atoms with Crippen LogP contribution in [-0.4, -0.2) is 16.6 Å². The Morgan fingerprint density at radius 3 is 2.89 bits per heavy atom. The number of nitrogens with one attached hydrogen (secondary N) is 1. The largest absolute Gasteiger partial charge is 0.478 e. The van der Waals surface area contributed by atoms with Gasteiger partial charge in [0.05, 0.1) is 12.1 Å². The van der Waals surface area contributed by atoms with Crippen LogP contribution in [0.5, 0.6) is 5.88 Å². The number of anilines is 1. The van der Waals surface area contributed by atoms with E-state index in [2.05, 4.69) is 29.1 Å². The molecule has 2 aromatic rings. The third-order valence-corrected chi connectivity index (χ3v) is 3.52. The number of rotatable bonds is 5. The Kier molecular flexibility index (Phi) is 3.81. The second-order valence-electron chi connectivity index (χ2n) is 4.38. The molecule has 0 saturated carbocycles. The van der Waals surface area contributed by atoms with E-state index in [0.717, 1.165) is 10.8 Å². The van der Waals surface area contributed by atoms with Gasteiger partial charge in [-0.15, -0.1) is 11.3 Å². The Balaban J connectivity index is 2.16. The van der Waals surface area contributed by atoms with Crippen molar-refractivity contribution in [2.24, 2.45) is 0 Å². The summed E-state index contributed by atoms with van der Waals surface area (Å²) in [6.07, 6.45) is 1.81. The third-order valence-electron chi connectivity index (χ3n) is 2.42. The van der Waals surface area contributed by atoms with E-state index in [9.17, 15) is 0 Å². The Labute approximate surface area is 111 Å². The normalized spacial score (nSPS) is 11.3. The highest BCUT2D eigenvalue weighted by molar-refractivity contribution is 7.09. The van der Waals surface area contributed by atoms with E-state index in [1.807, 2.05) is 36.7 Å². The van der Waals surface area contributed by atoms with Crippen molar-refractivity contribution in [2.75, 3.05) is 11.9 Å². The number of hydrogen-bond acceptors (Lipinski definition) is 5. The van der Waals surface area contributed by atoms with Gasteiger partial charge in [-0.3, -0.25) is 0 Å². The van der Waals surface area contributed by atoms with Crippen LogP contribution in [0.15, 0.2) is 29.8 Å². The maximum atomic E-state index is 5.39. The van der Waals surface area contributed by atoms with Crippen molar-refractivity contribution in [1.82, 2.24) is 9.97 Å². The first kappa shape index (κ1) is 12.8. The fraction of sp³-hybridized carbons (Fsp3) is 0.385. The van der Waals surface area contributed by atoms with Gasteiger partial charge < -0.3 is 10.1 Å². The number of ether oxygens (including phenoxy) is 1. The molecule has 0 aliphatic heterocycles. The lowest BCUT2D eigenvalue weighted by Gasteiger charge is -2.24. The Morgan fingerprint density at radius 1 is 1.39 bits per heavy atom. The molecule has 18 heavy (non-hydrogen) atoms. The van der Waals surface area contributed by atoms with Crippen molar-refractivity contribution >= 4 is 17.2 Å². The molecule has 2 heterocycles. The van der Waals surface area contributed by atoms with E-state index in [0.29, 0.717) is 12.5 Å². The van der Waals surface area contributed by atoms with Crippen molar-refractivity contribution in [3.8, 4) is 5.88 Å². The zero-order valence-electron chi connectivity index (χ0n) is 10.8. The van der Waals surface area contributed by atoms with Gasteiger partial charge in [0.15, 0.2) is 0 Å². The average molecular weight is 263 g/mol. The van der Waals surface area contributed by atoms with Crippen molar-refractivity contribution in [3.05, 3.63) is 34.8 Å². The number of hydrogen-bond donors (Lipinski definition) is 1. The van der Waals surface area contributed by atoms with Gasteiger partial charge >= 0.3 is 0 Å². The predicted octanol–water partition coefficient (Wildman–Crippen LogP) is 3.28. The average Bonchev–Trinajstić information content (AvgIpc) is 2.83. The van der Waals surface area contributed by atoms with Gasteiger partial charge in [0.2, 0.25) is 5.88 Å². The lowest BCUT2D eigenvalue weighted by molar-refractivity contribution is 0.327. The number of aromatic nitrogens is 2. The molecule has 2 aromatic heterocycles. The SMILES string of the molecule is CCOc1cccc(NC(C)(C)c2nccs2)n1. The first-order valence-electron chi connectivity index (χ1n) is 5.90. The first-order valence-corrected chi connectivity index (χ1v) is 6.78. The van der Waals surface area contributed by atoms with E-state index in [1.54, 1.807) is 11.3 Å². The van der Waals surface area contributed by atoms with Gasteiger partial charge in [-0.1, -0.05) is 6.07 Å². The summed E-state index contributed by atoms with van der Waals surface area (Å²) < 4.78 is 5.39. The van der Waals surface area contributed by atoms with Gasteiger partial charge in [0.1, 0.15) is 10.8 Å². The van der Waals surface area contributed by atoms with Crippen molar-refractivity contribution in [1.29, 1.82) is 0 Å². The van der Waals surface area contributed by atoms with Crippen LogP contribution >= 0.6 is 11.3 Å². The summed E-state index contributed by atoms with van der Waals surface area (Å²) in [6.45, 7) is 6.73. The summed E-state index contributed by atoms with van der Waals surface area (Å²) in [5.41, 5.74) is -0.244. The van der Waals surface area contributed by atoms with Crippen molar-refractivity contribution < 1.29 is 4.74 Å². The maximum absolute atomic E-state index is 5.39. The summed E-state index contributed by atoms with van der Waals surface area (Å²) >= 11 is 1.63. The molecular formula is C13H17N3OS. The monoisotopic (exact) mass is 263 g/mol. The van der Waals surface area contributed by atoms with E-state index in [-0.39, 0.29) is 5.54 Å². The second kappa shape index (κ2) is 5.35. The minimum absolute atomic E-state index is 0.244. The Morgan fingerprint density at radius 2 is 2.22 bits per heavy atom. The van der Waals surface area contributed by atoms with Gasteiger partial charge in [0.25, 0.3) is 0 Å². The third kappa shape index (κ3) is 2.98. The standard InChI is InChI=1S/C13H17N3OS/c1-4-17-11-7-5-6-10(15-11)16-13(2,3)12-14-8-9-18-12/h5-9H,4H2,1-3H3,(H,15,16). The Hall–Kier alpha value is -1.62. The van der Waals surface area contributed by atoms with E-state index in [1.165, 1.54) is 0 Å². The Bertz CT molecular complexity index is 497. The number of thiazole rings is 1. The molecule has 5 heteroatoms. The quantitative estimate of drug-likeness (QED) is 0.899. The molecule has 1 N–H and O–H groups in total. The van der Waals surface area contributed by atoms with Crippen LogP contribution in [0.2, 0.25) is 0 Å². The molecule has 0 aliphatic carbocycles. The highest BCUT2D eigenvalue weighted by atomic mass is 32.1. The van der Waals surface area contributed by atoms with Crippen LogP contribution in [0.25, 0.3) is 0 Å². The summed E-state index contributed by atoms with van der Waals surface area (Å²) in [7, 11) is 0. The molecule has 0 spiro atoms. The minimum atomic E-state index is -0.244. The summed E-state index contributed by atoms with van der Waals surface area (Å²) in [4.78, 5) is 8.74. The first-order chi connectivity index (χ1) is 8.62. The van der Waals surface area contributed by atoms with Gasteiger partial charge in [-0.05, 0) is 26.8 Å². The van der Waals surface area contributed by atoms with Gasteiger partial charge in [0, 0.05) is 17.6 Å². The molecule has 0 saturated heterocycles. The van der Waals surface area contributed by atoms with Crippen molar-refractivity contribution in [2.45, 2.75) is 26.3 Å². The van der Waals surface area contributed by atoms with Crippen LogP contribution in [0.1, 0.15) is 25.8 Å². The molecule has 0 aliphatic rings. The topological polar surface area (TPSA) is 47.0 Å². The number of pyridine rings is 1. The fourth-order valence-electron chi connectivity index (χ4n) is 1.62. The smallest absolute Gasteiger partial charge is 0.215 e. The van der Waals surface area contributed by atoms with E-state index < -0.39 is 0 Å². The molecule has 0 atom stereocenters. The lowest BCUT2D eigenvalue weighted by atomic mass is 10.1. The summed E-state index contributed by atoms with van der Waals surface area (Å²) in [6, 6.07) is 5.71. The fourth-order valence-corrected chi connectivity index (χ4v) is 2.34. The highest BCUT2D eigenvalue weighted by Gasteiger charge is 2.23. The summed E-state index contributed by atoms with van der Waals surface area (Å²) in [5, 5.41) is 6.38. The van der Waals surface area contributed by atoms with Crippen LogP contribution in [-0.2, 0) is 5.54 Å². The predicted molar refractivity (Wildman–Crippen MR) is 74.2 cm³/mol. The molecule has 0 radical (unpaired) electrons. The van der Waals surface area contributed by atoms with E-state index in [4.69, 9.17) is 4.74 Å². The molecule has 4 nitrogen and oxygen atoms in total. The summed E-state index contributed by atoms with van der Waals surface area (Å²) in [5.74, 6) is 1.43. The zero-order chi connectivity index (χ0) is 13.0. The molecular weight excluding hydrogens is 246 g/mol. The molecule has 0 unspecified atom stereocenters. The van der Waals surface area contributed by atoms with Crippen LogP contribution in [0.3, 0.4) is 0 Å². The molecule has 0 amide bonds. The highest BCUT2D eigenvalue weighted by Crippen LogP contribution is 2.26. The van der Waals surface area contributed by atoms with E-state index >= 15 is 0 Å². The van der Waals surface area contributed by atoms with Crippen molar-refractivity contribution in [3.63, 3.8) is 0 Å². The number of nitrogens with zero attached hydrogens (tertiary/aromatic N) is 2. The van der Waals surface area contributed by atoms with Crippen LogP contribution < -0.4 is 10.1 Å². The lowest BCUT2D eigenvalue weighted by Crippen LogP contribution is -2.28. The second-order valence-corrected chi connectivity index (χ2v) is 5.28. The molecule has 0 bridgehead atoms. The zero-order valence-corrected chi connectivity index (χ0v) is 11.6. The molecule has 96 valence electrons. The molecule has 0 fully saturated rings. The molecule has 2 rings (SSSR count). The maximum Gasteiger partial charge on any atom is 0.215 e. The van der Waals surface area contributed by atoms with Crippen LogP contribution in [0.4, 0.5) is 5.82 Å². The minimum Gasteiger partial charge on any atom is -0.478 e. The van der Waals surface area contributed by atoms with Crippen LogP contribution in [0, 0.1) is 0 Å².